The first kappa shape index (κ1) is 14.8. The Bertz CT molecular complexity index is 548. The van der Waals surface area contributed by atoms with Gasteiger partial charge in [-0.15, -0.1) is 0 Å². The number of carbonyl (C=O) groups is 1. The number of methoxy groups -OCH3 is 1. The molecule has 1 aromatic rings. The molecule has 0 N–H and O–H groups in total. The van der Waals surface area contributed by atoms with Crippen LogP contribution in [0.2, 0.25) is 0 Å². The van der Waals surface area contributed by atoms with Gasteiger partial charge < -0.3 is 4.74 Å². The first-order valence-corrected chi connectivity index (χ1v) is 4.61. The lowest BCUT2D eigenvalue weighted by Gasteiger charge is -2.14. The summed E-state index contributed by atoms with van der Waals surface area (Å²) in [6.07, 6.45) is -8.70. The van der Waals surface area contributed by atoms with Gasteiger partial charge in [0.25, 0.3) is 6.43 Å². The standard InChI is InChI=1S/C10H5F5N2O2/c1-19-9(18)5-2-4(10(13,14)15)7(8(11)12)6(3-16)17-5/h2,8H,1H3. The van der Waals surface area contributed by atoms with Crippen LogP contribution < -0.4 is 0 Å². The quantitative estimate of drug-likeness (QED) is 0.617. The Hall–Kier alpha value is -2.24. The normalized spacial score (nSPS) is 11.3. The van der Waals surface area contributed by atoms with Gasteiger partial charge in [0.15, 0.2) is 11.4 Å². The largest absolute Gasteiger partial charge is 0.464 e. The molecule has 0 aliphatic heterocycles. The molecule has 1 heterocycles. The van der Waals surface area contributed by atoms with E-state index in [2.05, 4.69) is 9.72 Å². The summed E-state index contributed by atoms with van der Waals surface area (Å²) in [5, 5.41) is 8.57. The van der Waals surface area contributed by atoms with Crippen molar-refractivity contribution in [3.05, 3.63) is 28.6 Å². The molecule has 0 aliphatic carbocycles. The van der Waals surface area contributed by atoms with Gasteiger partial charge in [0.1, 0.15) is 6.07 Å². The molecule has 9 heteroatoms. The predicted molar refractivity (Wildman–Crippen MR) is 50.3 cm³/mol. The third-order valence-electron chi connectivity index (χ3n) is 2.08. The second kappa shape index (κ2) is 5.17. The number of halogens is 5. The van der Waals surface area contributed by atoms with E-state index in [1.165, 1.54) is 0 Å². The first-order chi connectivity index (χ1) is 8.72. The maximum atomic E-state index is 12.6. The van der Waals surface area contributed by atoms with Crippen LogP contribution in [0.25, 0.3) is 0 Å². The molecule has 0 radical (unpaired) electrons. The number of hydrogen-bond acceptors (Lipinski definition) is 4. The zero-order chi connectivity index (χ0) is 14.8. The molecule has 1 rings (SSSR count). The average Bonchev–Trinajstić information content (AvgIpc) is 2.34. The molecule has 1 aromatic heterocycles. The number of nitriles is 1. The van der Waals surface area contributed by atoms with Crippen molar-refractivity contribution < 1.29 is 31.5 Å². The van der Waals surface area contributed by atoms with Crippen LogP contribution in [0.4, 0.5) is 22.0 Å². The fraction of sp³-hybridized carbons (Fsp3) is 0.300. The third-order valence-corrected chi connectivity index (χ3v) is 2.08. The number of pyridine rings is 1. The third kappa shape index (κ3) is 2.96. The molecule has 0 bridgehead atoms. The molecule has 0 saturated heterocycles. The highest BCUT2D eigenvalue weighted by Crippen LogP contribution is 2.37. The number of esters is 1. The smallest absolute Gasteiger partial charge is 0.417 e. The van der Waals surface area contributed by atoms with E-state index in [9.17, 15) is 26.7 Å². The Balaban J connectivity index is 3.66. The summed E-state index contributed by atoms with van der Waals surface area (Å²) in [6, 6.07) is 1.24. The van der Waals surface area contributed by atoms with E-state index in [1.807, 2.05) is 0 Å². The summed E-state index contributed by atoms with van der Waals surface area (Å²) in [6.45, 7) is 0. The summed E-state index contributed by atoms with van der Waals surface area (Å²) < 4.78 is 67.3. The van der Waals surface area contributed by atoms with Gasteiger partial charge in [-0.25, -0.2) is 18.6 Å². The molecule has 0 unspecified atom stereocenters. The van der Waals surface area contributed by atoms with Crippen molar-refractivity contribution >= 4 is 5.97 Å². The Morgan fingerprint density at radius 1 is 1.47 bits per heavy atom. The van der Waals surface area contributed by atoms with E-state index in [0.717, 1.165) is 13.2 Å². The van der Waals surface area contributed by atoms with Crippen LogP contribution in [-0.4, -0.2) is 18.1 Å². The number of rotatable bonds is 2. The molecule has 19 heavy (non-hydrogen) atoms. The highest BCUT2D eigenvalue weighted by molar-refractivity contribution is 5.87. The van der Waals surface area contributed by atoms with Gasteiger partial charge >= 0.3 is 12.1 Å². The molecule has 0 saturated carbocycles. The van der Waals surface area contributed by atoms with Gasteiger partial charge in [-0.05, 0) is 6.07 Å². The fourth-order valence-electron chi connectivity index (χ4n) is 1.30. The molecular weight excluding hydrogens is 275 g/mol. The number of carbonyl (C=O) groups excluding carboxylic acids is 1. The molecule has 0 aliphatic rings. The summed E-state index contributed by atoms with van der Waals surface area (Å²) in [4.78, 5) is 14.2. The van der Waals surface area contributed by atoms with Crippen LogP contribution in [0.15, 0.2) is 6.07 Å². The van der Waals surface area contributed by atoms with Crippen LogP contribution >= 0.6 is 0 Å². The fourth-order valence-corrected chi connectivity index (χ4v) is 1.30. The van der Waals surface area contributed by atoms with E-state index in [4.69, 9.17) is 5.26 Å². The molecule has 0 spiro atoms. The van der Waals surface area contributed by atoms with E-state index in [0.29, 0.717) is 0 Å². The van der Waals surface area contributed by atoms with Crippen molar-refractivity contribution in [1.29, 1.82) is 5.26 Å². The van der Waals surface area contributed by atoms with Gasteiger partial charge in [0.2, 0.25) is 0 Å². The van der Waals surface area contributed by atoms with Crippen molar-refractivity contribution in [2.75, 3.05) is 7.11 Å². The molecule has 0 amide bonds. The summed E-state index contributed by atoms with van der Waals surface area (Å²) in [5.74, 6) is -1.26. The minimum atomic E-state index is -5.15. The zero-order valence-electron chi connectivity index (χ0n) is 9.26. The molecule has 0 fully saturated rings. The number of hydrogen-bond donors (Lipinski definition) is 0. The summed E-state index contributed by atoms with van der Waals surface area (Å²) >= 11 is 0. The minimum Gasteiger partial charge on any atom is -0.464 e. The van der Waals surface area contributed by atoms with Gasteiger partial charge in [0, 0.05) is 0 Å². The van der Waals surface area contributed by atoms with Gasteiger partial charge in [-0.3, -0.25) is 0 Å². The molecule has 102 valence electrons. The Labute approximate surface area is 103 Å². The highest BCUT2D eigenvalue weighted by Gasteiger charge is 2.39. The van der Waals surface area contributed by atoms with Crippen molar-refractivity contribution in [2.24, 2.45) is 0 Å². The lowest BCUT2D eigenvalue weighted by Crippen LogP contribution is -2.16. The Morgan fingerprint density at radius 3 is 2.42 bits per heavy atom. The van der Waals surface area contributed by atoms with Gasteiger partial charge in [0.05, 0.1) is 18.2 Å². The summed E-state index contributed by atoms with van der Waals surface area (Å²) in [5.41, 5.74) is -5.36. The highest BCUT2D eigenvalue weighted by atomic mass is 19.4. The molecular formula is C10H5F5N2O2. The Kier molecular flexibility index (Phi) is 4.04. The van der Waals surface area contributed by atoms with Crippen LogP contribution in [0.1, 0.15) is 33.7 Å². The van der Waals surface area contributed by atoms with Crippen molar-refractivity contribution in [2.45, 2.75) is 12.6 Å². The maximum Gasteiger partial charge on any atom is 0.417 e. The summed E-state index contributed by atoms with van der Waals surface area (Å²) in [7, 11) is 0.879. The number of alkyl halides is 5. The molecule has 4 nitrogen and oxygen atoms in total. The van der Waals surface area contributed by atoms with Crippen molar-refractivity contribution in [3.8, 4) is 6.07 Å². The van der Waals surface area contributed by atoms with Crippen molar-refractivity contribution in [1.82, 2.24) is 4.98 Å². The first-order valence-electron chi connectivity index (χ1n) is 4.61. The van der Waals surface area contributed by atoms with Crippen molar-refractivity contribution in [3.63, 3.8) is 0 Å². The average molecular weight is 280 g/mol. The topological polar surface area (TPSA) is 63.0 Å². The number of nitrogens with zero attached hydrogens (tertiary/aromatic N) is 2. The van der Waals surface area contributed by atoms with Crippen LogP contribution in [0, 0.1) is 11.3 Å². The van der Waals surface area contributed by atoms with Gasteiger partial charge in [-0.1, -0.05) is 0 Å². The SMILES string of the molecule is COC(=O)c1cc(C(F)(F)F)c(C(F)F)c(C#N)n1. The molecule has 0 atom stereocenters. The Morgan fingerprint density at radius 2 is 2.05 bits per heavy atom. The monoisotopic (exact) mass is 280 g/mol. The van der Waals surface area contributed by atoms with E-state index < -0.39 is 41.1 Å². The predicted octanol–water partition coefficient (Wildman–Crippen LogP) is 2.70. The van der Waals surface area contributed by atoms with Crippen LogP contribution in [0.3, 0.4) is 0 Å². The van der Waals surface area contributed by atoms with E-state index in [-0.39, 0.29) is 6.07 Å². The maximum absolute atomic E-state index is 12.6. The number of aromatic nitrogens is 1. The minimum absolute atomic E-state index is 0.133. The van der Waals surface area contributed by atoms with E-state index in [1.54, 1.807) is 0 Å². The van der Waals surface area contributed by atoms with Crippen LogP contribution in [0.5, 0.6) is 0 Å². The van der Waals surface area contributed by atoms with Gasteiger partial charge in [-0.2, -0.15) is 18.4 Å². The van der Waals surface area contributed by atoms with E-state index >= 15 is 0 Å². The second-order valence-electron chi connectivity index (χ2n) is 3.22. The second-order valence-corrected chi connectivity index (χ2v) is 3.22. The molecule has 0 aromatic carbocycles. The lowest BCUT2D eigenvalue weighted by molar-refractivity contribution is -0.139. The van der Waals surface area contributed by atoms with Crippen LogP contribution in [-0.2, 0) is 10.9 Å². The zero-order valence-corrected chi connectivity index (χ0v) is 9.26. The lowest BCUT2D eigenvalue weighted by atomic mass is 10.0. The number of ether oxygens (including phenoxy) is 1.